The first-order chi connectivity index (χ1) is 8.15. The summed E-state index contributed by atoms with van der Waals surface area (Å²) in [4.78, 5) is 11.2. The second kappa shape index (κ2) is 5.09. The van der Waals surface area contributed by atoms with E-state index in [1.165, 1.54) is 12.1 Å². The van der Waals surface area contributed by atoms with E-state index in [4.69, 9.17) is 5.21 Å². The lowest BCUT2D eigenvalue weighted by atomic mass is 10.0. The molecule has 2 rings (SSSR count). The molecule has 0 aliphatic heterocycles. The van der Waals surface area contributed by atoms with Gasteiger partial charge >= 0.3 is 0 Å². The zero-order valence-electron chi connectivity index (χ0n) is 9.27. The largest absolute Gasteiger partial charge is 0.595 e. The number of carbonyl (C=O) groups excluding carboxylic acids is 1. The van der Waals surface area contributed by atoms with Crippen LogP contribution in [0.1, 0.15) is 19.3 Å². The highest BCUT2D eigenvalue weighted by Gasteiger charge is 2.10. The van der Waals surface area contributed by atoms with E-state index in [2.05, 4.69) is 5.32 Å². The minimum absolute atomic E-state index is 0.140. The smallest absolute Gasteiger partial charge is 0.163 e. The van der Waals surface area contributed by atoms with Gasteiger partial charge in [-0.2, -0.15) is 5.23 Å². The van der Waals surface area contributed by atoms with Gasteiger partial charge in [-0.1, -0.05) is 0 Å². The summed E-state index contributed by atoms with van der Waals surface area (Å²) in [5, 5.41) is 21.6. The molecule has 1 atom stereocenters. The molecule has 1 aromatic carbocycles. The SMILES string of the molecule is O=C1C=C(Nc2ccc([NH+]([O-])O)cc2)CCC1. The second-order valence-electron chi connectivity index (χ2n) is 4.00. The summed E-state index contributed by atoms with van der Waals surface area (Å²) in [5.41, 5.74) is 1.95. The number of carbonyl (C=O) groups is 1. The molecule has 1 aromatic rings. The summed E-state index contributed by atoms with van der Waals surface area (Å²) >= 11 is 0. The van der Waals surface area contributed by atoms with Crippen LogP contribution in [0.25, 0.3) is 0 Å². The Labute approximate surface area is 98.9 Å². The average Bonchev–Trinajstić information content (AvgIpc) is 2.29. The molecule has 0 heterocycles. The molecule has 0 aromatic heterocycles. The van der Waals surface area contributed by atoms with Crippen molar-refractivity contribution in [3.63, 3.8) is 0 Å². The lowest BCUT2D eigenvalue weighted by Gasteiger charge is -2.15. The number of benzene rings is 1. The van der Waals surface area contributed by atoms with Crippen LogP contribution >= 0.6 is 0 Å². The van der Waals surface area contributed by atoms with Gasteiger partial charge in [-0.3, -0.25) is 4.79 Å². The van der Waals surface area contributed by atoms with Crippen LogP contribution in [0, 0.1) is 5.21 Å². The molecule has 0 saturated heterocycles. The van der Waals surface area contributed by atoms with E-state index < -0.39 is 5.23 Å². The molecule has 0 saturated carbocycles. The van der Waals surface area contributed by atoms with Crippen molar-refractivity contribution in [2.24, 2.45) is 0 Å². The Morgan fingerprint density at radius 2 is 1.94 bits per heavy atom. The van der Waals surface area contributed by atoms with Crippen molar-refractivity contribution < 1.29 is 15.2 Å². The average molecular weight is 234 g/mol. The van der Waals surface area contributed by atoms with Crippen LogP contribution in [0.2, 0.25) is 0 Å². The van der Waals surface area contributed by atoms with Crippen molar-refractivity contribution in [3.8, 4) is 0 Å². The second-order valence-corrected chi connectivity index (χ2v) is 4.00. The number of allylic oxidation sites excluding steroid dienone is 2. The third kappa shape index (κ3) is 3.13. The Morgan fingerprint density at radius 1 is 1.24 bits per heavy atom. The molecular weight excluding hydrogens is 220 g/mol. The molecule has 0 spiro atoms. The first kappa shape index (κ1) is 11.8. The van der Waals surface area contributed by atoms with Crippen molar-refractivity contribution in [1.29, 1.82) is 0 Å². The topological polar surface area (TPSA) is 76.8 Å². The molecule has 5 nitrogen and oxygen atoms in total. The molecule has 0 fully saturated rings. The highest BCUT2D eigenvalue weighted by molar-refractivity contribution is 5.91. The highest BCUT2D eigenvalue weighted by atomic mass is 16.8. The normalized spacial score (nSPS) is 17.5. The maximum Gasteiger partial charge on any atom is 0.163 e. The lowest BCUT2D eigenvalue weighted by molar-refractivity contribution is -0.991. The van der Waals surface area contributed by atoms with E-state index >= 15 is 0 Å². The maximum atomic E-state index is 11.2. The Balaban J connectivity index is 2.06. The number of quaternary nitrogens is 1. The van der Waals surface area contributed by atoms with Crippen LogP contribution in [0.15, 0.2) is 36.0 Å². The van der Waals surface area contributed by atoms with Gasteiger partial charge in [0.2, 0.25) is 0 Å². The van der Waals surface area contributed by atoms with Crippen molar-refractivity contribution in [1.82, 2.24) is 0 Å². The Hall–Kier alpha value is -1.69. The fourth-order valence-corrected chi connectivity index (χ4v) is 1.77. The zero-order chi connectivity index (χ0) is 12.3. The van der Waals surface area contributed by atoms with Gasteiger partial charge < -0.3 is 10.5 Å². The van der Waals surface area contributed by atoms with Crippen LogP contribution in [-0.2, 0) is 4.79 Å². The molecule has 1 aliphatic carbocycles. The van der Waals surface area contributed by atoms with E-state index in [-0.39, 0.29) is 11.5 Å². The van der Waals surface area contributed by atoms with Gasteiger partial charge in [0, 0.05) is 36.0 Å². The van der Waals surface area contributed by atoms with Gasteiger partial charge in [-0.05, 0) is 25.0 Å². The molecule has 17 heavy (non-hydrogen) atoms. The van der Waals surface area contributed by atoms with Gasteiger partial charge in [-0.25, -0.2) is 5.21 Å². The summed E-state index contributed by atoms with van der Waals surface area (Å²) in [7, 11) is 0. The first-order valence-corrected chi connectivity index (χ1v) is 5.49. The molecule has 3 N–H and O–H groups in total. The van der Waals surface area contributed by atoms with E-state index in [0.29, 0.717) is 6.42 Å². The Bertz CT molecular complexity index is 438. The zero-order valence-corrected chi connectivity index (χ0v) is 9.27. The number of hydrogen-bond donors (Lipinski definition) is 3. The number of ketones is 1. The summed E-state index contributed by atoms with van der Waals surface area (Å²) in [6.45, 7) is 0. The van der Waals surface area contributed by atoms with Crippen molar-refractivity contribution in [2.75, 3.05) is 5.32 Å². The first-order valence-electron chi connectivity index (χ1n) is 5.49. The number of nitrogens with one attached hydrogen (secondary N) is 2. The molecule has 0 bridgehead atoms. The van der Waals surface area contributed by atoms with Crippen molar-refractivity contribution in [3.05, 3.63) is 41.2 Å². The lowest BCUT2D eigenvalue weighted by Crippen LogP contribution is -2.99. The summed E-state index contributed by atoms with van der Waals surface area (Å²) in [6.07, 6.45) is 3.95. The summed E-state index contributed by atoms with van der Waals surface area (Å²) < 4.78 is 0. The van der Waals surface area contributed by atoms with Gasteiger partial charge in [-0.15, -0.1) is 0 Å². The minimum atomic E-state index is -0.941. The quantitative estimate of drug-likeness (QED) is 0.685. The molecule has 0 amide bonds. The van der Waals surface area contributed by atoms with Crippen molar-refractivity contribution in [2.45, 2.75) is 19.3 Å². The maximum absolute atomic E-state index is 11.2. The molecule has 5 heteroatoms. The van der Waals surface area contributed by atoms with Gasteiger partial charge in [0.1, 0.15) is 0 Å². The monoisotopic (exact) mass is 234 g/mol. The van der Waals surface area contributed by atoms with Gasteiger partial charge in [0.15, 0.2) is 11.5 Å². The molecule has 1 aliphatic rings. The molecule has 1 unspecified atom stereocenters. The van der Waals surface area contributed by atoms with E-state index in [1.807, 2.05) is 0 Å². The van der Waals surface area contributed by atoms with E-state index in [0.717, 1.165) is 24.2 Å². The van der Waals surface area contributed by atoms with Crippen LogP contribution in [0.4, 0.5) is 11.4 Å². The third-order valence-corrected chi connectivity index (χ3v) is 2.64. The number of rotatable bonds is 3. The van der Waals surface area contributed by atoms with E-state index in [9.17, 15) is 10.0 Å². The predicted molar refractivity (Wildman–Crippen MR) is 62.8 cm³/mol. The van der Waals surface area contributed by atoms with Gasteiger partial charge in [0.05, 0.1) is 0 Å². The summed E-state index contributed by atoms with van der Waals surface area (Å²) in [5.74, 6) is 0.140. The van der Waals surface area contributed by atoms with E-state index in [1.54, 1.807) is 18.2 Å². The third-order valence-electron chi connectivity index (χ3n) is 2.64. The van der Waals surface area contributed by atoms with Crippen molar-refractivity contribution >= 4 is 17.2 Å². The highest BCUT2D eigenvalue weighted by Crippen LogP contribution is 2.19. The van der Waals surface area contributed by atoms with Crippen LogP contribution in [0.3, 0.4) is 0 Å². The molecule has 90 valence electrons. The van der Waals surface area contributed by atoms with Gasteiger partial charge in [0.25, 0.3) is 0 Å². The fraction of sp³-hybridized carbons (Fsp3) is 0.250. The summed E-state index contributed by atoms with van der Waals surface area (Å²) in [6, 6.07) is 6.47. The number of hydrogen-bond acceptors (Lipinski definition) is 4. The predicted octanol–water partition coefficient (Wildman–Crippen LogP) is 1.14. The minimum Gasteiger partial charge on any atom is -0.595 e. The van der Waals surface area contributed by atoms with Crippen LogP contribution in [-0.4, -0.2) is 11.0 Å². The molecule has 0 radical (unpaired) electrons. The molecular formula is C12H14N2O3. The fourth-order valence-electron chi connectivity index (χ4n) is 1.77. The van der Waals surface area contributed by atoms with Crippen LogP contribution in [0.5, 0.6) is 0 Å². The van der Waals surface area contributed by atoms with Crippen LogP contribution < -0.4 is 10.5 Å². The number of anilines is 1. The Morgan fingerprint density at radius 3 is 2.53 bits per heavy atom. The Kier molecular flexibility index (Phi) is 3.53. The standard InChI is InChI=1S/C12H14N2O3/c15-12-3-1-2-10(8-12)13-9-4-6-11(7-5-9)14(16)17/h4-8,13-14,16H,1-3H2.